The number of anilines is 4. The van der Waals surface area contributed by atoms with Gasteiger partial charge in [-0.2, -0.15) is 4.98 Å². The van der Waals surface area contributed by atoms with Gasteiger partial charge in [0.15, 0.2) is 5.82 Å². The number of halogens is 1. The Labute approximate surface area is 180 Å². The first kappa shape index (κ1) is 21.6. The first-order valence-corrected chi connectivity index (χ1v) is 10.1. The smallest absolute Gasteiger partial charge is 0.250 e. The van der Waals surface area contributed by atoms with E-state index in [4.69, 9.17) is 17.3 Å². The summed E-state index contributed by atoms with van der Waals surface area (Å²) in [5.41, 5.74) is 6.78. The van der Waals surface area contributed by atoms with Crippen LogP contribution < -0.4 is 21.3 Å². The maximum Gasteiger partial charge on any atom is 0.250 e. The van der Waals surface area contributed by atoms with Gasteiger partial charge in [0.25, 0.3) is 0 Å². The van der Waals surface area contributed by atoms with Crippen molar-refractivity contribution >= 4 is 46.6 Å². The van der Waals surface area contributed by atoms with Crippen LogP contribution >= 0.6 is 11.6 Å². The standard InChI is InChI=1S/C21H25ClN6O2/c1-3-18(29)28(2)17-10-5-4-9-16(17)26-20-15(22)12-24-21(27-20)25-14-8-6-7-13(11-14)19(23)30/h3-5,9-10,12-14H,1,6-8,11H2,2H3,(H2,23,30)(H2,24,25,26,27)/t13-,14+/m0/s1. The third-order valence-corrected chi connectivity index (χ3v) is 5.45. The molecule has 2 aromatic rings. The van der Waals surface area contributed by atoms with Crippen molar-refractivity contribution in [2.45, 2.75) is 31.7 Å². The number of nitrogens with zero attached hydrogens (tertiary/aromatic N) is 3. The summed E-state index contributed by atoms with van der Waals surface area (Å²) in [4.78, 5) is 33.8. The van der Waals surface area contributed by atoms with E-state index in [2.05, 4.69) is 27.2 Å². The van der Waals surface area contributed by atoms with Crippen molar-refractivity contribution in [3.05, 3.63) is 48.1 Å². The molecule has 4 N–H and O–H groups in total. The van der Waals surface area contributed by atoms with E-state index >= 15 is 0 Å². The molecule has 2 atom stereocenters. The van der Waals surface area contributed by atoms with E-state index in [1.807, 2.05) is 24.3 Å². The second kappa shape index (κ2) is 9.58. The molecule has 1 aliphatic carbocycles. The summed E-state index contributed by atoms with van der Waals surface area (Å²) in [7, 11) is 1.66. The molecule has 0 radical (unpaired) electrons. The number of carbonyl (C=O) groups excluding carboxylic acids is 2. The molecule has 0 saturated heterocycles. The molecule has 0 bridgehead atoms. The lowest BCUT2D eigenvalue weighted by atomic mass is 9.85. The third kappa shape index (κ3) is 5.07. The molecule has 1 saturated carbocycles. The zero-order valence-corrected chi connectivity index (χ0v) is 17.5. The van der Waals surface area contributed by atoms with Crippen molar-refractivity contribution in [3.8, 4) is 0 Å². The minimum Gasteiger partial charge on any atom is -0.369 e. The minimum absolute atomic E-state index is 0.0638. The lowest BCUT2D eigenvalue weighted by Gasteiger charge is -2.28. The molecule has 0 aliphatic heterocycles. The first-order valence-electron chi connectivity index (χ1n) is 9.73. The molecule has 9 heteroatoms. The maximum absolute atomic E-state index is 12.0. The van der Waals surface area contributed by atoms with E-state index in [-0.39, 0.29) is 23.8 Å². The zero-order chi connectivity index (χ0) is 21.7. The van der Waals surface area contributed by atoms with Gasteiger partial charge in [-0.1, -0.05) is 36.7 Å². The van der Waals surface area contributed by atoms with Gasteiger partial charge in [-0.25, -0.2) is 4.98 Å². The van der Waals surface area contributed by atoms with Crippen molar-refractivity contribution in [2.24, 2.45) is 11.7 Å². The molecule has 3 rings (SSSR count). The Kier molecular flexibility index (Phi) is 6.89. The van der Waals surface area contributed by atoms with Crippen LogP contribution in [0.3, 0.4) is 0 Å². The molecule has 2 amide bonds. The first-order chi connectivity index (χ1) is 14.4. The van der Waals surface area contributed by atoms with Gasteiger partial charge < -0.3 is 21.3 Å². The van der Waals surface area contributed by atoms with Crippen molar-refractivity contribution in [1.82, 2.24) is 9.97 Å². The molecule has 1 aromatic carbocycles. The molecule has 8 nitrogen and oxygen atoms in total. The van der Waals surface area contributed by atoms with Crippen molar-refractivity contribution < 1.29 is 9.59 Å². The number of amides is 2. The fourth-order valence-corrected chi connectivity index (χ4v) is 3.68. The summed E-state index contributed by atoms with van der Waals surface area (Å²) in [5.74, 6) is 0.177. The molecule has 0 unspecified atom stereocenters. The SMILES string of the molecule is C=CC(=O)N(C)c1ccccc1Nc1nc(N[C@@H]2CCC[C@H](C(N)=O)C2)ncc1Cl. The largest absolute Gasteiger partial charge is 0.369 e. The van der Waals surface area contributed by atoms with Crippen LogP contribution in [0.15, 0.2) is 43.1 Å². The van der Waals surface area contributed by atoms with Crippen LogP contribution in [0.4, 0.5) is 23.1 Å². The summed E-state index contributed by atoms with van der Waals surface area (Å²) in [5, 5.41) is 6.80. The Morgan fingerprint density at radius 1 is 1.33 bits per heavy atom. The Morgan fingerprint density at radius 2 is 2.10 bits per heavy atom. The number of para-hydroxylation sites is 2. The number of carbonyl (C=O) groups is 2. The quantitative estimate of drug-likeness (QED) is 0.582. The molecular formula is C21H25ClN6O2. The number of hydrogen-bond donors (Lipinski definition) is 3. The van der Waals surface area contributed by atoms with Crippen molar-refractivity contribution in [2.75, 3.05) is 22.6 Å². The average molecular weight is 429 g/mol. The van der Waals surface area contributed by atoms with Gasteiger partial charge in [0.05, 0.1) is 17.6 Å². The Bertz CT molecular complexity index is 951. The molecule has 1 aromatic heterocycles. The lowest BCUT2D eigenvalue weighted by Crippen LogP contribution is -2.34. The summed E-state index contributed by atoms with van der Waals surface area (Å²) >= 11 is 6.30. The van der Waals surface area contributed by atoms with Crippen LogP contribution in [0, 0.1) is 5.92 Å². The lowest BCUT2D eigenvalue weighted by molar-refractivity contribution is -0.122. The molecule has 1 aliphatic rings. The van der Waals surface area contributed by atoms with Gasteiger partial charge in [0.2, 0.25) is 17.8 Å². The molecule has 30 heavy (non-hydrogen) atoms. The van der Waals surface area contributed by atoms with E-state index in [0.29, 0.717) is 34.6 Å². The monoisotopic (exact) mass is 428 g/mol. The number of aromatic nitrogens is 2. The van der Waals surface area contributed by atoms with E-state index in [1.54, 1.807) is 7.05 Å². The second-order valence-electron chi connectivity index (χ2n) is 7.24. The van der Waals surface area contributed by atoms with E-state index in [0.717, 1.165) is 19.3 Å². The number of nitrogens with one attached hydrogen (secondary N) is 2. The van der Waals surface area contributed by atoms with Crippen LogP contribution in [-0.2, 0) is 9.59 Å². The Hall–Kier alpha value is -3.13. The Morgan fingerprint density at radius 3 is 2.83 bits per heavy atom. The third-order valence-electron chi connectivity index (χ3n) is 5.18. The topological polar surface area (TPSA) is 113 Å². The molecule has 1 heterocycles. The van der Waals surface area contributed by atoms with Gasteiger partial charge in [-0.05, 0) is 37.5 Å². The number of primary amides is 1. The average Bonchev–Trinajstić information content (AvgIpc) is 2.75. The highest BCUT2D eigenvalue weighted by atomic mass is 35.5. The maximum atomic E-state index is 12.0. The highest BCUT2D eigenvalue weighted by Gasteiger charge is 2.26. The van der Waals surface area contributed by atoms with E-state index in [1.165, 1.54) is 17.2 Å². The molecule has 158 valence electrons. The van der Waals surface area contributed by atoms with Gasteiger partial charge >= 0.3 is 0 Å². The van der Waals surface area contributed by atoms with Gasteiger partial charge in [-0.3, -0.25) is 9.59 Å². The highest BCUT2D eigenvalue weighted by molar-refractivity contribution is 6.33. The molecule has 0 spiro atoms. The number of benzene rings is 1. The summed E-state index contributed by atoms with van der Waals surface area (Å²) < 4.78 is 0. The van der Waals surface area contributed by atoms with Gasteiger partial charge in [0.1, 0.15) is 5.02 Å². The minimum atomic E-state index is -0.268. The predicted molar refractivity (Wildman–Crippen MR) is 119 cm³/mol. The predicted octanol–water partition coefficient (Wildman–Crippen LogP) is 3.48. The second-order valence-corrected chi connectivity index (χ2v) is 7.65. The normalized spacial score (nSPS) is 18.3. The highest BCUT2D eigenvalue weighted by Crippen LogP contribution is 2.31. The van der Waals surface area contributed by atoms with Crippen molar-refractivity contribution in [3.63, 3.8) is 0 Å². The number of rotatable bonds is 7. The summed E-state index contributed by atoms with van der Waals surface area (Å²) in [6, 6.07) is 7.38. The van der Waals surface area contributed by atoms with Gasteiger partial charge in [-0.15, -0.1) is 0 Å². The van der Waals surface area contributed by atoms with E-state index < -0.39 is 0 Å². The zero-order valence-electron chi connectivity index (χ0n) is 16.8. The van der Waals surface area contributed by atoms with Crippen LogP contribution in [-0.4, -0.2) is 34.9 Å². The Balaban J connectivity index is 1.79. The molecular weight excluding hydrogens is 404 g/mol. The van der Waals surface area contributed by atoms with Crippen LogP contribution in [0.1, 0.15) is 25.7 Å². The fraction of sp³-hybridized carbons (Fsp3) is 0.333. The fourth-order valence-electron chi connectivity index (χ4n) is 3.54. The summed E-state index contributed by atoms with van der Waals surface area (Å²) in [6.07, 6.45) is 6.06. The van der Waals surface area contributed by atoms with Crippen molar-refractivity contribution in [1.29, 1.82) is 0 Å². The summed E-state index contributed by atoms with van der Waals surface area (Å²) in [6.45, 7) is 3.53. The van der Waals surface area contributed by atoms with Gasteiger partial charge in [0, 0.05) is 19.0 Å². The number of nitrogens with two attached hydrogens (primary N) is 1. The van der Waals surface area contributed by atoms with Crippen LogP contribution in [0.5, 0.6) is 0 Å². The molecule has 1 fully saturated rings. The van der Waals surface area contributed by atoms with Crippen LogP contribution in [0.2, 0.25) is 5.02 Å². The number of hydrogen-bond acceptors (Lipinski definition) is 6. The van der Waals surface area contributed by atoms with Crippen LogP contribution in [0.25, 0.3) is 0 Å². The number of likely N-dealkylation sites (N-methyl/N-ethyl adjacent to an activating group) is 1. The van der Waals surface area contributed by atoms with E-state index in [9.17, 15) is 9.59 Å².